The summed E-state index contributed by atoms with van der Waals surface area (Å²) in [5.41, 5.74) is 2.24. The lowest BCUT2D eigenvalue weighted by Gasteiger charge is -2.36. The number of benzene rings is 2. The third-order valence-electron chi connectivity index (χ3n) is 9.08. The monoisotopic (exact) mass is 607 g/mol. The van der Waals surface area contributed by atoms with Crippen LogP contribution >= 0.6 is 0 Å². The first-order chi connectivity index (χ1) is 21.2. The van der Waals surface area contributed by atoms with Crippen LogP contribution < -0.4 is 10.1 Å². The summed E-state index contributed by atoms with van der Waals surface area (Å²) in [4.78, 5) is 31.4. The summed E-state index contributed by atoms with van der Waals surface area (Å²) in [5, 5.41) is 13.3. The van der Waals surface area contributed by atoms with Crippen LogP contribution in [0.1, 0.15) is 88.1 Å². The third kappa shape index (κ3) is 9.78. The van der Waals surface area contributed by atoms with Crippen molar-refractivity contribution in [1.82, 2.24) is 9.80 Å². The van der Waals surface area contributed by atoms with Crippen molar-refractivity contribution in [3.63, 3.8) is 0 Å². The van der Waals surface area contributed by atoms with Gasteiger partial charge in [-0.3, -0.25) is 14.5 Å². The van der Waals surface area contributed by atoms with E-state index in [-0.39, 0.29) is 42.5 Å². The Morgan fingerprint density at radius 1 is 1.05 bits per heavy atom. The number of amides is 2. The van der Waals surface area contributed by atoms with Crippen LogP contribution in [0.4, 0.5) is 5.69 Å². The van der Waals surface area contributed by atoms with E-state index in [9.17, 15) is 14.7 Å². The molecule has 44 heavy (non-hydrogen) atoms. The summed E-state index contributed by atoms with van der Waals surface area (Å²) in [5.74, 6) is 0.317. The van der Waals surface area contributed by atoms with E-state index in [2.05, 4.69) is 48.5 Å². The normalized spacial score (nSPS) is 23.4. The van der Waals surface area contributed by atoms with Gasteiger partial charge in [0, 0.05) is 43.8 Å². The number of ether oxygens (including phenoxy) is 2. The maximum absolute atomic E-state index is 14.3. The number of rotatable bonds is 8. The van der Waals surface area contributed by atoms with Crippen molar-refractivity contribution in [2.45, 2.75) is 96.9 Å². The number of carbonyl (C=O) groups is 2. The maximum Gasteiger partial charge on any atom is 0.258 e. The van der Waals surface area contributed by atoms with Gasteiger partial charge >= 0.3 is 0 Å². The quantitative estimate of drug-likeness (QED) is 0.375. The highest BCUT2D eigenvalue weighted by Crippen LogP contribution is 2.30. The highest BCUT2D eigenvalue weighted by atomic mass is 16.5. The van der Waals surface area contributed by atoms with Crippen molar-refractivity contribution in [2.75, 3.05) is 38.7 Å². The number of anilines is 1. The van der Waals surface area contributed by atoms with Crippen molar-refractivity contribution < 1.29 is 24.2 Å². The van der Waals surface area contributed by atoms with Crippen molar-refractivity contribution in [1.29, 1.82) is 0 Å². The SMILES string of the molecule is C[C@@H]1CCCCO[C@@H](CN(C)Cc2ccccc2)[C@@H](C)CN([C@@H](C)CO)C(=O)c2cc(NC(=O)C3CCCCC3)ccc2O1. The fourth-order valence-corrected chi connectivity index (χ4v) is 6.34. The van der Waals surface area contributed by atoms with Crippen molar-refractivity contribution in [2.24, 2.45) is 11.8 Å². The molecule has 2 aliphatic rings. The van der Waals surface area contributed by atoms with Gasteiger partial charge < -0.3 is 24.8 Å². The predicted octanol–water partition coefficient (Wildman–Crippen LogP) is 6.13. The Morgan fingerprint density at radius 2 is 1.77 bits per heavy atom. The molecule has 242 valence electrons. The minimum Gasteiger partial charge on any atom is -0.490 e. The smallest absolute Gasteiger partial charge is 0.258 e. The Bertz CT molecular complexity index is 1190. The molecule has 1 fully saturated rings. The minimum atomic E-state index is -0.411. The molecule has 1 heterocycles. The number of fused-ring (bicyclic) bond motifs is 1. The molecule has 0 aromatic heterocycles. The molecule has 1 aliphatic carbocycles. The van der Waals surface area contributed by atoms with Crippen LogP contribution in [0.3, 0.4) is 0 Å². The molecular weight excluding hydrogens is 554 g/mol. The summed E-state index contributed by atoms with van der Waals surface area (Å²) < 4.78 is 12.8. The zero-order valence-electron chi connectivity index (χ0n) is 27.2. The molecule has 0 bridgehead atoms. The van der Waals surface area contributed by atoms with E-state index in [1.807, 2.05) is 32.0 Å². The fourth-order valence-electron chi connectivity index (χ4n) is 6.34. The highest BCUT2D eigenvalue weighted by molar-refractivity contribution is 6.00. The summed E-state index contributed by atoms with van der Waals surface area (Å²) in [6.07, 6.45) is 7.66. The van der Waals surface area contributed by atoms with Gasteiger partial charge in [0.1, 0.15) is 5.75 Å². The molecule has 0 spiro atoms. The Balaban J connectivity index is 1.59. The molecule has 2 aromatic rings. The molecule has 0 saturated heterocycles. The zero-order chi connectivity index (χ0) is 31.5. The Hall–Kier alpha value is -2.94. The average Bonchev–Trinajstić information content (AvgIpc) is 3.03. The molecular formula is C36H53N3O5. The van der Waals surface area contributed by atoms with Gasteiger partial charge in [-0.25, -0.2) is 0 Å². The largest absolute Gasteiger partial charge is 0.490 e. The van der Waals surface area contributed by atoms with Crippen LogP contribution in [-0.2, 0) is 16.1 Å². The van der Waals surface area contributed by atoms with Crippen molar-refractivity contribution in [3.8, 4) is 5.75 Å². The number of nitrogens with zero attached hydrogens (tertiary/aromatic N) is 2. The Kier molecular flexibility index (Phi) is 13.1. The summed E-state index contributed by atoms with van der Waals surface area (Å²) in [6.45, 7) is 8.43. The first-order valence-electron chi connectivity index (χ1n) is 16.6. The summed E-state index contributed by atoms with van der Waals surface area (Å²) in [7, 11) is 2.10. The minimum absolute atomic E-state index is 0.00610. The van der Waals surface area contributed by atoms with Crippen LogP contribution in [0.2, 0.25) is 0 Å². The molecule has 0 unspecified atom stereocenters. The molecule has 1 saturated carbocycles. The van der Waals surface area contributed by atoms with E-state index >= 15 is 0 Å². The second-order valence-electron chi connectivity index (χ2n) is 13.0. The second-order valence-corrected chi connectivity index (χ2v) is 13.0. The number of aliphatic hydroxyl groups is 1. The molecule has 2 aromatic carbocycles. The zero-order valence-corrected chi connectivity index (χ0v) is 27.2. The Morgan fingerprint density at radius 3 is 2.50 bits per heavy atom. The molecule has 2 N–H and O–H groups in total. The van der Waals surface area contributed by atoms with Gasteiger partial charge in [0.2, 0.25) is 5.91 Å². The molecule has 4 atom stereocenters. The number of nitrogens with one attached hydrogen (secondary N) is 1. The third-order valence-corrected chi connectivity index (χ3v) is 9.08. The molecule has 1 aliphatic heterocycles. The first-order valence-corrected chi connectivity index (χ1v) is 16.6. The number of aliphatic hydroxyl groups excluding tert-OH is 1. The van der Waals surface area contributed by atoms with Crippen LogP contribution in [0, 0.1) is 11.8 Å². The van der Waals surface area contributed by atoms with E-state index in [1.165, 1.54) is 12.0 Å². The predicted molar refractivity (Wildman–Crippen MR) is 175 cm³/mol. The van der Waals surface area contributed by atoms with Gasteiger partial charge in [0.25, 0.3) is 5.91 Å². The Labute approximate surface area is 264 Å². The van der Waals surface area contributed by atoms with E-state index in [1.54, 1.807) is 11.0 Å². The van der Waals surface area contributed by atoms with Gasteiger partial charge in [0.05, 0.1) is 30.4 Å². The number of carbonyl (C=O) groups excluding carboxylic acids is 2. The van der Waals surface area contributed by atoms with E-state index in [4.69, 9.17) is 9.47 Å². The van der Waals surface area contributed by atoms with E-state index in [0.29, 0.717) is 30.2 Å². The second kappa shape index (κ2) is 16.9. The van der Waals surface area contributed by atoms with Gasteiger partial charge in [-0.05, 0) is 76.8 Å². The van der Waals surface area contributed by atoms with Gasteiger partial charge in [-0.15, -0.1) is 0 Å². The lowest BCUT2D eigenvalue weighted by atomic mass is 9.88. The molecule has 8 heteroatoms. The summed E-state index contributed by atoms with van der Waals surface area (Å²) >= 11 is 0. The molecule has 2 amide bonds. The van der Waals surface area contributed by atoms with E-state index in [0.717, 1.165) is 58.0 Å². The number of likely N-dealkylation sites (N-methyl/N-ethyl adjacent to an activating group) is 1. The van der Waals surface area contributed by atoms with Gasteiger partial charge in [-0.2, -0.15) is 0 Å². The lowest BCUT2D eigenvalue weighted by Crippen LogP contribution is -2.47. The summed E-state index contributed by atoms with van der Waals surface area (Å²) in [6, 6.07) is 15.4. The van der Waals surface area contributed by atoms with Crippen LogP contribution in [0.25, 0.3) is 0 Å². The number of hydrogen-bond donors (Lipinski definition) is 2. The molecule has 0 radical (unpaired) electrons. The van der Waals surface area contributed by atoms with Crippen molar-refractivity contribution >= 4 is 17.5 Å². The van der Waals surface area contributed by atoms with Gasteiger partial charge in [0.15, 0.2) is 0 Å². The first kappa shape index (κ1) is 33.9. The molecule has 8 nitrogen and oxygen atoms in total. The van der Waals surface area contributed by atoms with Crippen LogP contribution in [0.15, 0.2) is 48.5 Å². The van der Waals surface area contributed by atoms with Gasteiger partial charge in [-0.1, -0.05) is 56.5 Å². The average molecular weight is 608 g/mol. The van der Waals surface area contributed by atoms with Crippen LogP contribution in [-0.4, -0.2) is 78.3 Å². The van der Waals surface area contributed by atoms with Crippen LogP contribution in [0.5, 0.6) is 5.75 Å². The fraction of sp³-hybridized carbons (Fsp3) is 0.611. The number of hydrogen-bond acceptors (Lipinski definition) is 6. The standard InChI is InChI=1S/C36H53N3O5/c1-26-22-39(27(2)25-40)36(42)32-21-31(37-35(41)30-16-9-6-10-17-30)18-19-33(32)44-28(3)13-11-12-20-43-34(26)24-38(4)23-29-14-7-5-8-15-29/h5,7-8,14-15,18-19,21,26-28,30,34,40H,6,9-13,16-17,20,22-25H2,1-4H3,(H,37,41)/t26-,27-,28+,34-/m0/s1. The maximum atomic E-state index is 14.3. The highest BCUT2D eigenvalue weighted by Gasteiger charge is 2.31. The molecule has 4 rings (SSSR count). The topological polar surface area (TPSA) is 91.3 Å². The lowest BCUT2D eigenvalue weighted by molar-refractivity contribution is -0.120. The van der Waals surface area contributed by atoms with Crippen molar-refractivity contribution in [3.05, 3.63) is 59.7 Å². The van der Waals surface area contributed by atoms with E-state index < -0.39 is 6.04 Å².